The van der Waals surface area contributed by atoms with Crippen LogP contribution in [0.15, 0.2) is 43.1 Å². The Balaban J connectivity index is 1.09. The topological polar surface area (TPSA) is 90.9 Å². The molecule has 2 saturated carbocycles. The van der Waals surface area contributed by atoms with Crippen LogP contribution in [0.1, 0.15) is 74.7 Å². The largest absolute Gasteiger partial charge is 0.444 e. The maximum Gasteiger partial charge on any atom is 0.415 e. The van der Waals surface area contributed by atoms with E-state index in [2.05, 4.69) is 58.0 Å². The van der Waals surface area contributed by atoms with Gasteiger partial charge in [0.15, 0.2) is 0 Å². The van der Waals surface area contributed by atoms with Gasteiger partial charge in [-0.1, -0.05) is 43.7 Å². The van der Waals surface area contributed by atoms with E-state index in [1.165, 1.54) is 41.4 Å². The number of likely N-dealkylation sites (N-methyl/N-ethyl adjacent to an activating group) is 1. The third-order valence-corrected chi connectivity index (χ3v) is 9.33. The van der Waals surface area contributed by atoms with Gasteiger partial charge in [-0.25, -0.2) is 9.78 Å². The highest BCUT2D eigenvalue weighted by atomic mass is 16.6. The summed E-state index contributed by atoms with van der Waals surface area (Å²) < 4.78 is 5.20. The van der Waals surface area contributed by atoms with Crippen molar-refractivity contribution in [2.45, 2.75) is 70.7 Å². The third kappa shape index (κ3) is 5.07. The van der Waals surface area contributed by atoms with Crippen molar-refractivity contribution < 1.29 is 14.3 Å². The second-order valence-electron chi connectivity index (χ2n) is 12.2. The monoisotopic (exact) mass is 544 g/mol. The highest BCUT2D eigenvalue weighted by Crippen LogP contribution is 2.54. The van der Waals surface area contributed by atoms with Gasteiger partial charge in [-0.05, 0) is 61.6 Å². The molecule has 1 unspecified atom stereocenters. The number of ether oxygens (including phenoxy) is 1. The molecule has 0 bridgehead atoms. The van der Waals surface area contributed by atoms with Crippen LogP contribution in [0.3, 0.4) is 0 Å². The number of hydrogen-bond donors (Lipinski definition) is 1. The Morgan fingerprint density at radius 3 is 2.60 bits per heavy atom. The van der Waals surface area contributed by atoms with Crippen LogP contribution in [-0.4, -0.2) is 64.5 Å². The lowest BCUT2D eigenvalue weighted by molar-refractivity contribution is -0.146. The molecule has 212 valence electrons. The molecule has 2 aliphatic heterocycles. The fourth-order valence-electron chi connectivity index (χ4n) is 6.67. The van der Waals surface area contributed by atoms with Crippen molar-refractivity contribution in [3.8, 4) is 0 Å². The third-order valence-electron chi connectivity index (χ3n) is 9.33. The number of likely N-dealkylation sites (tertiary alicyclic amines) is 1. The standard InChI is InChI=1S/C31H40N6O3/c1-5-27(38)35(4)25-14-31(15-25)18-36(19-31)26(13-21-7-8-21)23-11-9-22(10-12-23)20(3)33-29-32-16-24-17-40-30(39)37(6-2)28(24)34-29/h5,9-12,16,20-21,25-26H,1,6-8,13-15,17-19H2,2-4H3,(H,32,33,34)/t20-,26?/m0/s1. The lowest BCUT2D eigenvalue weighted by Gasteiger charge is -2.62. The Labute approximate surface area is 236 Å². The molecule has 1 spiro atoms. The molecule has 3 heterocycles. The minimum Gasteiger partial charge on any atom is -0.444 e. The van der Waals surface area contributed by atoms with Crippen molar-refractivity contribution in [2.24, 2.45) is 11.3 Å². The van der Waals surface area contributed by atoms with Gasteiger partial charge < -0.3 is 15.0 Å². The van der Waals surface area contributed by atoms with Crippen molar-refractivity contribution in [1.29, 1.82) is 0 Å². The van der Waals surface area contributed by atoms with Crippen LogP contribution in [0, 0.1) is 11.3 Å². The SMILES string of the molecule is C=CC(=O)N(C)C1CC2(C1)CN(C(CC1CC1)c1ccc([C@H](C)Nc3ncc4c(n3)N(CC)C(=O)OC4)cc1)C2. The van der Waals surface area contributed by atoms with Gasteiger partial charge in [0.25, 0.3) is 0 Å². The smallest absolute Gasteiger partial charge is 0.415 e. The molecule has 3 fully saturated rings. The fraction of sp³-hybridized carbons (Fsp3) is 0.548. The first-order chi connectivity index (χ1) is 19.3. The summed E-state index contributed by atoms with van der Waals surface area (Å²) in [6.45, 7) is 10.6. The lowest BCUT2D eigenvalue weighted by Crippen LogP contribution is -2.66. The summed E-state index contributed by atoms with van der Waals surface area (Å²) in [5, 5.41) is 3.41. The predicted molar refractivity (Wildman–Crippen MR) is 154 cm³/mol. The highest BCUT2D eigenvalue weighted by Gasteiger charge is 2.55. The van der Waals surface area contributed by atoms with Crippen LogP contribution in [0.5, 0.6) is 0 Å². The maximum absolute atomic E-state index is 12.1. The van der Waals surface area contributed by atoms with Crippen molar-refractivity contribution in [2.75, 3.05) is 36.9 Å². The van der Waals surface area contributed by atoms with Crippen molar-refractivity contribution in [3.63, 3.8) is 0 Å². The van der Waals surface area contributed by atoms with Gasteiger partial charge in [-0.15, -0.1) is 0 Å². The molecule has 2 amide bonds. The Morgan fingerprint density at radius 2 is 1.95 bits per heavy atom. The van der Waals surface area contributed by atoms with Crippen molar-refractivity contribution >= 4 is 23.8 Å². The molecule has 2 aliphatic carbocycles. The molecule has 2 atom stereocenters. The quantitative estimate of drug-likeness (QED) is 0.417. The van der Waals surface area contributed by atoms with Crippen molar-refractivity contribution in [1.82, 2.24) is 19.8 Å². The van der Waals surface area contributed by atoms with E-state index in [1.807, 2.05) is 18.9 Å². The molecule has 1 N–H and O–H groups in total. The zero-order valence-corrected chi connectivity index (χ0v) is 23.8. The van der Waals surface area contributed by atoms with Crippen LogP contribution >= 0.6 is 0 Å². The zero-order valence-electron chi connectivity index (χ0n) is 23.8. The average molecular weight is 545 g/mol. The number of carbonyl (C=O) groups excluding carboxylic acids is 2. The Bertz CT molecular complexity index is 1280. The fourth-order valence-corrected chi connectivity index (χ4v) is 6.67. The van der Waals surface area contributed by atoms with E-state index in [-0.39, 0.29) is 24.6 Å². The summed E-state index contributed by atoms with van der Waals surface area (Å²) in [6.07, 6.45) is 8.89. The number of nitrogens with zero attached hydrogens (tertiary/aromatic N) is 5. The molecule has 2 aromatic rings. The van der Waals surface area contributed by atoms with Crippen LogP contribution in [0.2, 0.25) is 0 Å². The molecular weight excluding hydrogens is 504 g/mol. The zero-order chi connectivity index (χ0) is 28.0. The number of amides is 2. The Kier molecular flexibility index (Phi) is 7.02. The second-order valence-corrected chi connectivity index (χ2v) is 12.2. The molecule has 6 rings (SSSR count). The first kappa shape index (κ1) is 26.7. The van der Waals surface area contributed by atoms with Gasteiger partial charge in [0.2, 0.25) is 11.9 Å². The van der Waals surface area contributed by atoms with Crippen molar-refractivity contribution in [3.05, 3.63) is 59.8 Å². The summed E-state index contributed by atoms with van der Waals surface area (Å²) in [5.41, 5.74) is 3.74. The van der Waals surface area contributed by atoms with Gasteiger partial charge in [0, 0.05) is 45.0 Å². The van der Waals surface area contributed by atoms with E-state index < -0.39 is 0 Å². The number of rotatable bonds is 10. The number of fused-ring (bicyclic) bond motifs is 1. The van der Waals surface area contributed by atoms with Gasteiger partial charge in [0.1, 0.15) is 12.4 Å². The van der Waals surface area contributed by atoms with E-state index in [9.17, 15) is 9.59 Å². The van der Waals surface area contributed by atoms with Gasteiger partial charge >= 0.3 is 6.09 Å². The number of aromatic nitrogens is 2. The number of nitrogens with one attached hydrogen (secondary N) is 1. The lowest BCUT2D eigenvalue weighted by atomic mass is 9.59. The molecule has 1 aromatic carbocycles. The number of carbonyl (C=O) groups is 2. The molecule has 1 saturated heterocycles. The molecule has 9 nitrogen and oxygen atoms in total. The van der Waals surface area contributed by atoms with Crippen LogP contribution in [0.25, 0.3) is 0 Å². The molecular formula is C31H40N6O3. The summed E-state index contributed by atoms with van der Waals surface area (Å²) in [6, 6.07) is 9.81. The summed E-state index contributed by atoms with van der Waals surface area (Å²) in [7, 11) is 1.90. The normalized spacial score (nSPS) is 21.5. The molecule has 4 aliphatic rings. The Morgan fingerprint density at radius 1 is 1.25 bits per heavy atom. The number of anilines is 2. The van der Waals surface area contributed by atoms with Gasteiger partial charge in [-0.3, -0.25) is 14.6 Å². The van der Waals surface area contributed by atoms with Gasteiger partial charge in [-0.2, -0.15) is 4.98 Å². The molecule has 0 radical (unpaired) electrons. The van der Waals surface area contributed by atoms with E-state index in [0.717, 1.165) is 37.4 Å². The minimum absolute atomic E-state index is 0.00838. The maximum atomic E-state index is 12.1. The molecule has 9 heteroatoms. The second kappa shape index (κ2) is 10.5. The van der Waals surface area contributed by atoms with Crippen LogP contribution in [0.4, 0.5) is 16.6 Å². The number of benzene rings is 1. The number of hydrogen-bond acceptors (Lipinski definition) is 7. The first-order valence-corrected chi connectivity index (χ1v) is 14.6. The summed E-state index contributed by atoms with van der Waals surface area (Å²) in [4.78, 5) is 39.3. The summed E-state index contributed by atoms with van der Waals surface area (Å²) in [5.74, 6) is 1.98. The summed E-state index contributed by atoms with van der Waals surface area (Å²) >= 11 is 0. The first-order valence-electron chi connectivity index (χ1n) is 14.6. The Hall–Kier alpha value is -3.46. The van der Waals surface area contributed by atoms with E-state index in [0.29, 0.717) is 35.8 Å². The highest BCUT2D eigenvalue weighted by molar-refractivity contribution is 5.89. The van der Waals surface area contributed by atoms with Crippen LogP contribution in [-0.2, 0) is 16.1 Å². The van der Waals surface area contributed by atoms with Crippen LogP contribution < -0.4 is 10.2 Å². The average Bonchev–Trinajstić information content (AvgIpc) is 3.74. The minimum atomic E-state index is -0.371. The van der Waals surface area contributed by atoms with E-state index in [1.54, 1.807) is 6.20 Å². The molecule has 1 aromatic heterocycles. The van der Waals surface area contributed by atoms with Gasteiger partial charge in [0.05, 0.1) is 11.6 Å². The predicted octanol–water partition coefficient (Wildman–Crippen LogP) is 5.08. The van der Waals surface area contributed by atoms with E-state index in [4.69, 9.17) is 4.74 Å². The molecule has 40 heavy (non-hydrogen) atoms. The van der Waals surface area contributed by atoms with E-state index >= 15 is 0 Å². The number of cyclic esters (lactones) is 1.